The van der Waals surface area contributed by atoms with Crippen LogP contribution in [0.2, 0.25) is 0 Å². The van der Waals surface area contributed by atoms with Gasteiger partial charge in [0.25, 0.3) is 0 Å². The topological polar surface area (TPSA) is 75.6 Å². The molecule has 1 aromatic carbocycles. The maximum Gasteiger partial charge on any atom is 0.407 e. The lowest BCUT2D eigenvalue weighted by Gasteiger charge is -2.20. The second-order valence-electron chi connectivity index (χ2n) is 5.22. The first-order chi connectivity index (χ1) is 8.81. The van der Waals surface area contributed by atoms with Crippen molar-refractivity contribution >= 4 is 12.4 Å². The molecule has 1 amide bonds. The van der Waals surface area contributed by atoms with Crippen LogP contribution < -0.4 is 5.32 Å². The van der Waals surface area contributed by atoms with Crippen LogP contribution in [0.1, 0.15) is 32.3 Å². The average Bonchev–Trinajstić information content (AvgIpc) is 2.29. The van der Waals surface area contributed by atoms with Crippen LogP contribution in [0.5, 0.6) is 5.75 Å². The number of benzene rings is 1. The van der Waals surface area contributed by atoms with Gasteiger partial charge in [-0.15, -0.1) is 0 Å². The monoisotopic (exact) mass is 265 g/mol. The molecule has 0 aliphatic rings. The molecule has 104 valence electrons. The van der Waals surface area contributed by atoms with Crippen LogP contribution in [0.4, 0.5) is 4.79 Å². The number of carbonyl (C=O) groups is 2. The molecule has 0 heterocycles. The molecule has 0 saturated heterocycles. The van der Waals surface area contributed by atoms with Gasteiger partial charge in [-0.05, 0) is 38.5 Å². The number of alkyl carbamates (subject to hydrolysis) is 1. The van der Waals surface area contributed by atoms with Crippen LogP contribution >= 0.6 is 0 Å². The van der Waals surface area contributed by atoms with Gasteiger partial charge in [-0.1, -0.05) is 12.1 Å². The van der Waals surface area contributed by atoms with Crippen molar-refractivity contribution in [2.75, 3.05) is 6.54 Å². The molecule has 0 aliphatic carbocycles. The molecular formula is C14H19NO4. The SMILES string of the molecule is CC(C)(C)OC(=O)NCC(C=O)c1ccc(O)cc1. The lowest BCUT2D eigenvalue weighted by Crippen LogP contribution is -2.35. The quantitative estimate of drug-likeness (QED) is 0.818. The summed E-state index contributed by atoms with van der Waals surface area (Å²) < 4.78 is 5.08. The summed E-state index contributed by atoms with van der Waals surface area (Å²) in [6.07, 6.45) is 0.196. The van der Waals surface area contributed by atoms with Crippen molar-refractivity contribution in [1.82, 2.24) is 5.32 Å². The summed E-state index contributed by atoms with van der Waals surface area (Å²) in [7, 11) is 0. The number of phenols is 1. The van der Waals surface area contributed by atoms with Crippen LogP contribution in [0.15, 0.2) is 24.3 Å². The van der Waals surface area contributed by atoms with Crippen molar-refractivity contribution in [3.8, 4) is 5.75 Å². The van der Waals surface area contributed by atoms with Crippen molar-refractivity contribution in [2.24, 2.45) is 0 Å². The number of aromatic hydroxyl groups is 1. The number of hydrogen-bond acceptors (Lipinski definition) is 4. The molecule has 1 atom stereocenters. The van der Waals surface area contributed by atoms with Crippen molar-refractivity contribution in [3.05, 3.63) is 29.8 Å². The van der Waals surface area contributed by atoms with Crippen molar-refractivity contribution in [3.63, 3.8) is 0 Å². The van der Waals surface area contributed by atoms with Gasteiger partial charge in [0.2, 0.25) is 0 Å². The number of carbonyl (C=O) groups excluding carboxylic acids is 2. The Kier molecular flexibility index (Phi) is 4.92. The van der Waals surface area contributed by atoms with Crippen LogP contribution in [-0.4, -0.2) is 29.6 Å². The van der Waals surface area contributed by atoms with Crippen LogP contribution in [-0.2, 0) is 9.53 Å². The molecule has 1 unspecified atom stereocenters. The van der Waals surface area contributed by atoms with E-state index in [9.17, 15) is 14.7 Å². The van der Waals surface area contributed by atoms with E-state index in [4.69, 9.17) is 4.74 Å². The molecule has 2 N–H and O–H groups in total. The van der Waals surface area contributed by atoms with E-state index in [0.717, 1.165) is 11.8 Å². The highest BCUT2D eigenvalue weighted by Crippen LogP contribution is 2.17. The van der Waals surface area contributed by atoms with E-state index in [0.29, 0.717) is 0 Å². The van der Waals surface area contributed by atoms with E-state index in [2.05, 4.69) is 5.32 Å². The van der Waals surface area contributed by atoms with Crippen molar-refractivity contribution < 1.29 is 19.4 Å². The van der Waals surface area contributed by atoms with Crippen LogP contribution in [0, 0.1) is 0 Å². The zero-order valence-electron chi connectivity index (χ0n) is 11.3. The molecule has 1 rings (SSSR count). The Morgan fingerprint density at radius 1 is 1.37 bits per heavy atom. The van der Waals surface area contributed by atoms with Gasteiger partial charge in [-0.2, -0.15) is 0 Å². The fourth-order valence-corrected chi connectivity index (χ4v) is 1.47. The smallest absolute Gasteiger partial charge is 0.407 e. The zero-order valence-corrected chi connectivity index (χ0v) is 11.3. The van der Waals surface area contributed by atoms with Gasteiger partial charge in [0.05, 0.1) is 5.92 Å². The van der Waals surface area contributed by atoms with Gasteiger partial charge in [0.1, 0.15) is 17.6 Å². The van der Waals surface area contributed by atoms with E-state index in [1.54, 1.807) is 32.9 Å². The summed E-state index contributed by atoms with van der Waals surface area (Å²) in [5.41, 5.74) is 0.156. The normalized spacial score (nSPS) is 12.6. The number of phenolic OH excluding ortho intramolecular Hbond substituents is 1. The molecule has 5 nitrogen and oxygen atoms in total. The highest BCUT2D eigenvalue weighted by atomic mass is 16.6. The predicted molar refractivity (Wildman–Crippen MR) is 71.1 cm³/mol. The van der Waals surface area contributed by atoms with Crippen molar-refractivity contribution in [1.29, 1.82) is 0 Å². The first kappa shape index (κ1) is 15.0. The number of hydrogen-bond donors (Lipinski definition) is 2. The Bertz CT molecular complexity index is 434. The molecule has 0 aliphatic heterocycles. The Morgan fingerprint density at radius 3 is 2.42 bits per heavy atom. The molecular weight excluding hydrogens is 246 g/mol. The molecule has 0 bridgehead atoms. The Labute approximate surface area is 112 Å². The number of aldehydes is 1. The van der Waals surface area contributed by atoms with Gasteiger partial charge >= 0.3 is 6.09 Å². The Balaban J connectivity index is 2.56. The van der Waals surface area contributed by atoms with Crippen LogP contribution in [0.3, 0.4) is 0 Å². The first-order valence-electron chi connectivity index (χ1n) is 6.03. The molecule has 19 heavy (non-hydrogen) atoms. The fraction of sp³-hybridized carbons (Fsp3) is 0.429. The third-order valence-electron chi connectivity index (χ3n) is 2.35. The Morgan fingerprint density at radius 2 is 1.95 bits per heavy atom. The number of ether oxygens (including phenoxy) is 1. The molecule has 1 aromatic rings. The largest absolute Gasteiger partial charge is 0.508 e. The highest BCUT2D eigenvalue weighted by Gasteiger charge is 2.18. The molecule has 0 aromatic heterocycles. The predicted octanol–water partition coefficient (Wildman–Crippen LogP) is 2.20. The second-order valence-corrected chi connectivity index (χ2v) is 5.22. The standard InChI is InChI=1S/C14H19NO4/c1-14(2,3)19-13(18)15-8-11(9-16)10-4-6-12(17)7-5-10/h4-7,9,11,17H,8H2,1-3H3,(H,15,18). The average molecular weight is 265 g/mol. The van der Waals surface area contributed by atoms with E-state index in [-0.39, 0.29) is 12.3 Å². The molecule has 0 saturated carbocycles. The summed E-state index contributed by atoms with van der Waals surface area (Å²) in [5.74, 6) is -0.332. The van der Waals surface area contributed by atoms with E-state index < -0.39 is 17.6 Å². The highest BCUT2D eigenvalue weighted by molar-refractivity contribution is 5.70. The Hall–Kier alpha value is -2.04. The zero-order chi connectivity index (χ0) is 14.5. The molecule has 0 fully saturated rings. The number of nitrogens with one attached hydrogen (secondary N) is 1. The summed E-state index contributed by atoms with van der Waals surface area (Å²) >= 11 is 0. The summed E-state index contributed by atoms with van der Waals surface area (Å²) in [4.78, 5) is 22.5. The second kappa shape index (κ2) is 6.22. The summed E-state index contributed by atoms with van der Waals surface area (Å²) in [6, 6.07) is 6.29. The van der Waals surface area contributed by atoms with Gasteiger partial charge < -0.3 is 20.0 Å². The van der Waals surface area contributed by atoms with Gasteiger partial charge in [0.15, 0.2) is 0 Å². The molecule has 5 heteroatoms. The summed E-state index contributed by atoms with van der Waals surface area (Å²) in [5, 5.41) is 11.7. The van der Waals surface area contributed by atoms with E-state index in [1.807, 2.05) is 0 Å². The van der Waals surface area contributed by atoms with Crippen LogP contribution in [0.25, 0.3) is 0 Å². The lowest BCUT2D eigenvalue weighted by atomic mass is 10.0. The minimum Gasteiger partial charge on any atom is -0.508 e. The summed E-state index contributed by atoms with van der Waals surface area (Å²) in [6.45, 7) is 5.46. The minimum absolute atomic E-state index is 0.133. The lowest BCUT2D eigenvalue weighted by molar-refractivity contribution is -0.109. The van der Waals surface area contributed by atoms with Gasteiger partial charge in [-0.3, -0.25) is 0 Å². The first-order valence-corrected chi connectivity index (χ1v) is 6.03. The third-order valence-corrected chi connectivity index (χ3v) is 2.35. The van der Waals surface area contributed by atoms with E-state index >= 15 is 0 Å². The minimum atomic E-state index is -0.570. The van der Waals surface area contributed by atoms with E-state index in [1.165, 1.54) is 12.1 Å². The number of rotatable bonds is 4. The fourth-order valence-electron chi connectivity index (χ4n) is 1.47. The maximum absolute atomic E-state index is 11.5. The van der Waals surface area contributed by atoms with Gasteiger partial charge in [0, 0.05) is 6.54 Å². The maximum atomic E-state index is 11.5. The van der Waals surface area contributed by atoms with Gasteiger partial charge in [-0.25, -0.2) is 4.79 Å². The van der Waals surface area contributed by atoms with Crippen molar-refractivity contribution in [2.45, 2.75) is 32.3 Å². The number of amides is 1. The molecule has 0 radical (unpaired) electrons. The third kappa shape index (κ3) is 5.42. The molecule has 0 spiro atoms.